The van der Waals surface area contributed by atoms with Crippen molar-refractivity contribution in [2.75, 3.05) is 12.8 Å². The summed E-state index contributed by atoms with van der Waals surface area (Å²) in [5, 5.41) is 4.40. The Morgan fingerprint density at radius 2 is 1.95 bits per heavy atom. The van der Waals surface area contributed by atoms with Crippen molar-refractivity contribution < 1.29 is 4.74 Å². The number of methoxy groups -OCH3 is 1. The molecule has 0 bridgehead atoms. The third-order valence-electron chi connectivity index (χ3n) is 2.95. The van der Waals surface area contributed by atoms with Crippen molar-refractivity contribution >= 4 is 11.5 Å². The Morgan fingerprint density at radius 3 is 2.63 bits per heavy atom. The molecule has 0 fully saturated rings. The Hall–Kier alpha value is -2.56. The van der Waals surface area contributed by atoms with Crippen LogP contribution in [0.4, 0.5) is 5.82 Å². The third kappa shape index (κ3) is 2.22. The average molecular weight is 254 g/mol. The minimum Gasteiger partial charge on any atom is -0.497 e. The van der Waals surface area contributed by atoms with Gasteiger partial charge >= 0.3 is 0 Å². The smallest absolute Gasteiger partial charge is 0.157 e. The molecule has 5 heteroatoms. The van der Waals surface area contributed by atoms with Crippen LogP contribution in [0.5, 0.6) is 5.75 Å². The lowest BCUT2D eigenvalue weighted by molar-refractivity contribution is 0.414. The number of fused-ring (bicyclic) bond motifs is 1. The van der Waals surface area contributed by atoms with Crippen molar-refractivity contribution in [1.82, 2.24) is 14.6 Å². The molecule has 3 aromatic rings. The van der Waals surface area contributed by atoms with Gasteiger partial charge in [-0.25, -0.2) is 4.98 Å². The second-order valence-corrected chi connectivity index (χ2v) is 4.27. The van der Waals surface area contributed by atoms with Crippen LogP contribution in [0.15, 0.2) is 42.5 Å². The van der Waals surface area contributed by atoms with Gasteiger partial charge in [-0.1, -0.05) is 18.2 Å². The first-order valence-corrected chi connectivity index (χ1v) is 5.99. The van der Waals surface area contributed by atoms with Crippen molar-refractivity contribution in [2.24, 2.45) is 0 Å². The molecule has 0 spiro atoms. The topological polar surface area (TPSA) is 65.4 Å². The molecule has 0 saturated heterocycles. The molecule has 0 aliphatic rings. The van der Waals surface area contributed by atoms with Crippen molar-refractivity contribution in [3.8, 4) is 5.75 Å². The third-order valence-corrected chi connectivity index (χ3v) is 2.95. The Bertz CT molecular complexity index is 703. The molecule has 2 N–H and O–H groups in total. The summed E-state index contributed by atoms with van der Waals surface area (Å²) in [5.74, 6) is 2.19. The molecule has 19 heavy (non-hydrogen) atoms. The number of nitrogen functional groups attached to an aromatic ring is 1. The number of rotatable bonds is 3. The minimum atomic E-state index is 0.589. The molecule has 0 aliphatic heterocycles. The zero-order chi connectivity index (χ0) is 13.2. The summed E-state index contributed by atoms with van der Waals surface area (Å²) in [6, 6.07) is 13.4. The largest absolute Gasteiger partial charge is 0.497 e. The van der Waals surface area contributed by atoms with Gasteiger partial charge in [-0.05, 0) is 29.8 Å². The van der Waals surface area contributed by atoms with Crippen LogP contribution in [0.25, 0.3) is 5.65 Å². The van der Waals surface area contributed by atoms with E-state index in [1.807, 2.05) is 36.4 Å². The van der Waals surface area contributed by atoms with Crippen LogP contribution in [0.3, 0.4) is 0 Å². The fourth-order valence-electron chi connectivity index (χ4n) is 1.97. The molecule has 5 nitrogen and oxygen atoms in total. The zero-order valence-corrected chi connectivity index (χ0v) is 10.6. The quantitative estimate of drug-likeness (QED) is 0.775. The van der Waals surface area contributed by atoms with Crippen molar-refractivity contribution in [3.63, 3.8) is 0 Å². The molecular formula is C14H14N4O. The predicted molar refractivity (Wildman–Crippen MR) is 73.2 cm³/mol. The molecule has 2 aromatic heterocycles. The van der Waals surface area contributed by atoms with Crippen LogP contribution < -0.4 is 10.5 Å². The summed E-state index contributed by atoms with van der Waals surface area (Å²) in [5.41, 5.74) is 7.75. The lowest BCUT2D eigenvalue weighted by atomic mass is 10.1. The summed E-state index contributed by atoms with van der Waals surface area (Å²) < 4.78 is 6.78. The molecule has 96 valence electrons. The fourth-order valence-corrected chi connectivity index (χ4v) is 1.97. The predicted octanol–water partition coefficient (Wildman–Crippen LogP) is 1.91. The minimum absolute atomic E-state index is 0.589. The lowest BCUT2D eigenvalue weighted by Crippen LogP contribution is -1.98. The summed E-state index contributed by atoms with van der Waals surface area (Å²) in [4.78, 5) is 4.45. The summed E-state index contributed by atoms with van der Waals surface area (Å²) in [6.45, 7) is 0. The van der Waals surface area contributed by atoms with Crippen molar-refractivity contribution in [1.29, 1.82) is 0 Å². The second-order valence-electron chi connectivity index (χ2n) is 4.27. The standard InChI is InChI=1S/C14H14N4O/c1-19-11-7-5-10(6-8-11)9-13-16-14-4-2-3-12(15)18(14)17-13/h2-8H,9,15H2,1H3. The van der Waals surface area contributed by atoms with Gasteiger partial charge in [-0.3, -0.25) is 0 Å². The van der Waals surface area contributed by atoms with Gasteiger partial charge < -0.3 is 10.5 Å². The van der Waals surface area contributed by atoms with Crippen molar-refractivity contribution in [3.05, 3.63) is 53.9 Å². The van der Waals surface area contributed by atoms with Gasteiger partial charge in [-0.15, -0.1) is 5.10 Å². The van der Waals surface area contributed by atoms with Crippen molar-refractivity contribution in [2.45, 2.75) is 6.42 Å². The van der Waals surface area contributed by atoms with Gasteiger partial charge in [0, 0.05) is 6.42 Å². The average Bonchev–Trinajstić information content (AvgIpc) is 2.84. The van der Waals surface area contributed by atoms with E-state index < -0.39 is 0 Å². The number of hydrogen-bond acceptors (Lipinski definition) is 4. The van der Waals surface area contributed by atoms with E-state index in [-0.39, 0.29) is 0 Å². The van der Waals surface area contributed by atoms with Gasteiger partial charge in [0.15, 0.2) is 11.5 Å². The highest BCUT2D eigenvalue weighted by atomic mass is 16.5. The number of ether oxygens (including phenoxy) is 1. The number of benzene rings is 1. The molecule has 0 radical (unpaired) electrons. The first-order valence-electron chi connectivity index (χ1n) is 5.99. The Labute approximate surface area is 110 Å². The van der Waals surface area contributed by atoms with E-state index in [0.717, 1.165) is 22.8 Å². The normalized spacial score (nSPS) is 10.8. The maximum absolute atomic E-state index is 5.84. The number of aromatic nitrogens is 3. The van der Waals surface area contributed by atoms with Gasteiger partial charge in [0.1, 0.15) is 11.6 Å². The number of pyridine rings is 1. The maximum atomic E-state index is 5.84. The highest BCUT2D eigenvalue weighted by Crippen LogP contribution is 2.14. The van der Waals surface area contributed by atoms with Gasteiger partial charge in [0.2, 0.25) is 0 Å². The Morgan fingerprint density at radius 1 is 1.16 bits per heavy atom. The first-order chi connectivity index (χ1) is 9.26. The van der Waals surface area contributed by atoms with E-state index in [2.05, 4.69) is 10.1 Å². The lowest BCUT2D eigenvalue weighted by Gasteiger charge is -2.00. The van der Waals surface area contributed by atoms with E-state index in [4.69, 9.17) is 10.5 Å². The molecule has 0 saturated carbocycles. The van der Waals surface area contributed by atoms with E-state index in [1.165, 1.54) is 0 Å². The molecule has 0 unspecified atom stereocenters. The van der Waals surface area contributed by atoms with Gasteiger partial charge in [-0.2, -0.15) is 4.52 Å². The molecular weight excluding hydrogens is 240 g/mol. The highest BCUT2D eigenvalue weighted by molar-refractivity contribution is 5.46. The van der Waals surface area contributed by atoms with Crippen LogP contribution in [0, 0.1) is 0 Å². The van der Waals surface area contributed by atoms with Crippen LogP contribution in [-0.4, -0.2) is 21.7 Å². The van der Waals surface area contributed by atoms with Crippen LogP contribution in [0.2, 0.25) is 0 Å². The second kappa shape index (κ2) is 4.61. The Balaban J connectivity index is 1.90. The first kappa shape index (κ1) is 11.5. The van der Waals surface area contributed by atoms with E-state index >= 15 is 0 Å². The van der Waals surface area contributed by atoms with Gasteiger partial charge in [0.25, 0.3) is 0 Å². The van der Waals surface area contributed by atoms with E-state index in [0.29, 0.717) is 12.2 Å². The van der Waals surface area contributed by atoms with Crippen LogP contribution in [0.1, 0.15) is 11.4 Å². The van der Waals surface area contributed by atoms with Crippen LogP contribution in [-0.2, 0) is 6.42 Å². The molecule has 0 atom stereocenters. The molecule has 0 amide bonds. The summed E-state index contributed by atoms with van der Waals surface area (Å²) >= 11 is 0. The summed E-state index contributed by atoms with van der Waals surface area (Å²) in [6.07, 6.45) is 0.672. The highest BCUT2D eigenvalue weighted by Gasteiger charge is 2.06. The number of hydrogen-bond donors (Lipinski definition) is 1. The molecule has 2 heterocycles. The SMILES string of the molecule is COc1ccc(Cc2nc3cccc(N)n3n2)cc1. The number of anilines is 1. The zero-order valence-electron chi connectivity index (χ0n) is 10.6. The molecule has 1 aromatic carbocycles. The monoisotopic (exact) mass is 254 g/mol. The Kier molecular flexibility index (Phi) is 2.79. The number of nitrogens with two attached hydrogens (primary N) is 1. The molecule has 0 aliphatic carbocycles. The van der Waals surface area contributed by atoms with Gasteiger partial charge in [0.05, 0.1) is 7.11 Å². The van der Waals surface area contributed by atoms with E-state index in [9.17, 15) is 0 Å². The maximum Gasteiger partial charge on any atom is 0.157 e. The van der Waals surface area contributed by atoms with Crippen LogP contribution >= 0.6 is 0 Å². The number of nitrogens with zero attached hydrogens (tertiary/aromatic N) is 3. The molecule has 3 rings (SSSR count). The van der Waals surface area contributed by atoms with E-state index in [1.54, 1.807) is 17.7 Å². The summed E-state index contributed by atoms with van der Waals surface area (Å²) in [7, 11) is 1.65. The fraction of sp³-hybridized carbons (Fsp3) is 0.143.